The van der Waals surface area contributed by atoms with Gasteiger partial charge in [-0.05, 0) is 54.6 Å². The maximum absolute atomic E-state index is 12.5. The molecule has 35 heavy (non-hydrogen) atoms. The van der Waals surface area contributed by atoms with Crippen molar-refractivity contribution in [3.05, 3.63) is 78.5 Å². The number of aryl methyl sites for hydroxylation is 1. The first-order chi connectivity index (χ1) is 15.8. The third kappa shape index (κ3) is 7.50. The van der Waals surface area contributed by atoms with E-state index in [-0.39, 0.29) is 38.2 Å². The minimum Gasteiger partial charge on any atom is -1.00 e. The number of aromatic nitrogens is 1. The Morgan fingerprint density at radius 2 is 1.54 bits per heavy atom. The lowest BCUT2D eigenvalue weighted by molar-refractivity contribution is -0.709. The molecule has 0 radical (unpaired) electrons. The summed E-state index contributed by atoms with van der Waals surface area (Å²) in [7, 11) is -6.52. The van der Waals surface area contributed by atoms with Crippen LogP contribution in [0.2, 0.25) is 0 Å². The van der Waals surface area contributed by atoms with Gasteiger partial charge < -0.3 is 21.7 Å². The van der Waals surface area contributed by atoms with E-state index in [9.17, 15) is 34.8 Å². The highest BCUT2D eigenvalue weighted by molar-refractivity contribution is 7.92. The number of benzene rings is 2. The normalized spacial score (nSPS) is 11.9. The Balaban J connectivity index is 0.00000432. The van der Waals surface area contributed by atoms with Gasteiger partial charge >= 0.3 is 6.36 Å². The fourth-order valence-corrected chi connectivity index (χ4v) is 5.42. The van der Waals surface area contributed by atoms with Crippen molar-refractivity contribution in [3.63, 3.8) is 0 Å². The molecule has 1 N–H and O–H groups in total. The third-order valence-electron chi connectivity index (χ3n) is 4.47. The molecule has 0 unspecified atom stereocenters. The molecule has 0 aliphatic heterocycles. The molecular formula is C21H18BrF3N2O6S2. The number of halogens is 4. The van der Waals surface area contributed by atoms with Gasteiger partial charge in [-0.2, -0.15) is 4.57 Å². The van der Waals surface area contributed by atoms with Gasteiger partial charge in [0, 0.05) is 23.4 Å². The summed E-state index contributed by atoms with van der Waals surface area (Å²) >= 11 is 0. The molecule has 3 aromatic rings. The van der Waals surface area contributed by atoms with E-state index in [0.29, 0.717) is 0 Å². The molecule has 14 heteroatoms. The number of carbonyl (C=O) groups excluding carboxylic acids is 1. The Labute approximate surface area is 210 Å². The SMILES string of the molecule is C[n+]1ccccc1S(=O)(=O)CC(=O)c1ccc(NS(=O)(=O)c2ccc(OC(F)(F)F)cc2)cc1.[Br-]. The van der Waals surface area contributed by atoms with Crippen molar-refractivity contribution in [2.75, 3.05) is 10.5 Å². The summed E-state index contributed by atoms with van der Waals surface area (Å²) in [5.74, 6) is -2.03. The number of pyridine rings is 1. The van der Waals surface area contributed by atoms with E-state index in [1.165, 1.54) is 54.2 Å². The highest BCUT2D eigenvalue weighted by Gasteiger charge is 2.31. The van der Waals surface area contributed by atoms with Crippen LogP contribution >= 0.6 is 0 Å². The minimum absolute atomic E-state index is 0. The summed E-state index contributed by atoms with van der Waals surface area (Å²) in [4.78, 5) is 12.2. The van der Waals surface area contributed by atoms with Gasteiger partial charge in [0.15, 0.2) is 12.0 Å². The zero-order chi connectivity index (χ0) is 25.1. The second-order valence-corrected chi connectivity index (χ2v) is 10.7. The number of ether oxygens (including phenoxy) is 1. The van der Waals surface area contributed by atoms with Gasteiger partial charge in [-0.3, -0.25) is 9.52 Å². The number of nitrogens with zero attached hydrogens (tertiary/aromatic N) is 1. The summed E-state index contributed by atoms with van der Waals surface area (Å²) < 4.78 is 94.0. The zero-order valence-corrected chi connectivity index (χ0v) is 21.1. The van der Waals surface area contributed by atoms with E-state index in [1.54, 1.807) is 6.07 Å². The van der Waals surface area contributed by atoms with Crippen molar-refractivity contribution in [1.82, 2.24) is 0 Å². The third-order valence-corrected chi connectivity index (χ3v) is 7.57. The second kappa shape index (κ2) is 10.7. The molecule has 0 spiro atoms. The summed E-state index contributed by atoms with van der Waals surface area (Å²) in [6, 6.07) is 13.2. The predicted octanol–water partition coefficient (Wildman–Crippen LogP) is -0.129. The van der Waals surface area contributed by atoms with Crippen molar-refractivity contribution >= 4 is 31.3 Å². The monoisotopic (exact) mass is 594 g/mol. The number of anilines is 1. The number of hydrogen-bond donors (Lipinski definition) is 1. The minimum atomic E-state index is -4.91. The fraction of sp³-hybridized carbons (Fsp3) is 0.143. The number of nitrogens with one attached hydrogen (secondary N) is 1. The standard InChI is InChI=1S/C21H17F3N2O6S2.BrH/c1-26-13-3-2-4-20(26)33(28,29)14-19(27)15-5-7-16(8-6-15)25-34(30,31)18-11-9-17(10-12-18)32-21(22,23)24;/h2-13H,14H2,1H3;1H. The maximum Gasteiger partial charge on any atom is 0.573 e. The summed E-state index contributed by atoms with van der Waals surface area (Å²) in [5.41, 5.74) is 0.114. The Hall–Kier alpha value is -2.97. The summed E-state index contributed by atoms with van der Waals surface area (Å²) in [5, 5.41) is -0.0283. The lowest BCUT2D eigenvalue weighted by Gasteiger charge is -2.11. The van der Waals surface area contributed by atoms with Gasteiger partial charge in [0.1, 0.15) is 18.6 Å². The molecule has 0 aliphatic carbocycles. The number of Topliss-reactive ketones (excluding diaryl/α,β-unsaturated/α-hetero) is 1. The van der Waals surface area contributed by atoms with Crippen molar-refractivity contribution in [1.29, 1.82) is 0 Å². The van der Waals surface area contributed by atoms with Crippen molar-refractivity contribution in [3.8, 4) is 5.75 Å². The highest BCUT2D eigenvalue weighted by Crippen LogP contribution is 2.25. The van der Waals surface area contributed by atoms with Crippen LogP contribution in [0, 0.1) is 0 Å². The number of sulfonamides is 1. The van der Waals surface area contributed by atoms with Crippen LogP contribution in [0.4, 0.5) is 18.9 Å². The largest absolute Gasteiger partial charge is 1.00 e. The first-order valence-electron chi connectivity index (χ1n) is 9.46. The molecule has 3 rings (SSSR count). The van der Waals surface area contributed by atoms with E-state index < -0.39 is 43.5 Å². The van der Waals surface area contributed by atoms with E-state index in [1.807, 2.05) is 0 Å². The molecule has 0 atom stereocenters. The molecule has 0 amide bonds. The van der Waals surface area contributed by atoms with Crippen LogP contribution in [0.25, 0.3) is 0 Å². The molecule has 1 aromatic heterocycles. The average molecular weight is 595 g/mol. The predicted molar refractivity (Wildman–Crippen MR) is 114 cm³/mol. The van der Waals surface area contributed by atoms with Crippen LogP contribution in [0.1, 0.15) is 10.4 Å². The Kier molecular flexibility index (Phi) is 8.68. The number of hydrogen-bond acceptors (Lipinski definition) is 6. The number of alkyl halides is 3. The molecule has 0 bridgehead atoms. The first-order valence-corrected chi connectivity index (χ1v) is 12.6. The Bertz CT molecular complexity index is 1410. The van der Waals surface area contributed by atoms with Gasteiger partial charge in [0.2, 0.25) is 9.84 Å². The van der Waals surface area contributed by atoms with Gasteiger partial charge in [0.05, 0.1) is 4.90 Å². The molecular weight excluding hydrogens is 577 g/mol. The van der Waals surface area contributed by atoms with Gasteiger partial charge in [0.25, 0.3) is 15.0 Å². The molecule has 1 heterocycles. The summed E-state index contributed by atoms with van der Waals surface area (Å²) in [6.07, 6.45) is -3.37. The number of sulfone groups is 1. The molecule has 0 aliphatic rings. The van der Waals surface area contributed by atoms with E-state index in [4.69, 9.17) is 0 Å². The van der Waals surface area contributed by atoms with Crippen molar-refractivity contribution in [2.24, 2.45) is 7.05 Å². The Morgan fingerprint density at radius 1 is 0.943 bits per heavy atom. The van der Waals surface area contributed by atoms with Gasteiger partial charge in [-0.25, -0.2) is 16.8 Å². The highest BCUT2D eigenvalue weighted by atomic mass is 79.9. The van der Waals surface area contributed by atoms with Gasteiger partial charge in [-0.15, -0.1) is 13.2 Å². The number of ketones is 1. The molecule has 188 valence electrons. The number of carbonyl (C=O) groups is 1. The van der Waals surface area contributed by atoms with E-state index in [2.05, 4.69) is 9.46 Å². The molecule has 0 saturated heterocycles. The van der Waals surface area contributed by atoms with Crippen molar-refractivity contribution in [2.45, 2.75) is 16.3 Å². The second-order valence-electron chi connectivity index (χ2n) is 7.03. The van der Waals surface area contributed by atoms with Crippen LogP contribution < -0.4 is 31.0 Å². The summed E-state index contributed by atoms with van der Waals surface area (Å²) in [6.45, 7) is 0. The quantitative estimate of drug-likeness (QED) is 0.287. The topological polar surface area (TPSA) is 110 Å². The van der Waals surface area contributed by atoms with Crippen LogP contribution in [0.5, 0.6) is 5.75 Å². The Morgan fingerprint density at radius 3 is 2.09 bits per heavy atom. The lowest BCUT2D eigenvalue weighted by Crippen LogP contribution is -3.00. The van der Waals surface area contributed by atoms with E-state index in [0.717, 1.165) is 24.3 Å². The van der Waals surface area contributed by atoms with Crippen LogP contribution in [-0.4, -0.2) is 34.7 Å². The van der Waals surface area contributed by atoms with Crippen LogP contribution in [0.3, 0.4) is 0 Å². The van der Waals surface area contributed by atoms with Crippen LogP contribution in [-0.2, 0) is 26.9 Å². The maximum atomic E-state index is 12.5. The van der Waals surface area contributed by atoms with Gasteiger partial charge in [-0.1, -0.05) is 0 Å². The smallest absolute Gasteiger partial charge is 0.573 e. The average Bonchev–Trinajstić information content (AvgIpc) is 2.73. The fourth-order valence-electron chi connectivity index (χ4n) is 2.92. The molecule has 8 nitrogen and oxygen atoms in total. The van der Waals surface area contributed by atoms with Crippen LogP contribution in [0.15, 0.2) is 82.8 Å². The molecule has 2 aromatic carbocycles. The van der Waals surface area contributed by atoms with E-state index >= 15 is 0 Å². The molecule has 0 fully saturated rings. The zero-order valence-electron chi connectivity index (χ0n) is 17.9. The molecule has 0 saturated carbocycles. The van der Waals surface area contributed by atoms with Crippen molar-refractivity contribution < 1.29 is 61.1 Å². The first kappa shape index (κ1) is 28.3. The lowest BCUT2D eigenvalue weighted by atomic mass is 10.1. The number of rotatable bonds is 8.